The first kappa shape index (κ1) is 26.1. The number of methoxy groups -OCH3 is 2. The van der Waals surface area contributed by atoms with E-state index in [-0.39, 0.29) is 37.3 Å². The molecule has 2 aliphatic heterocycles. The zero-order valence-electron chi connectivity index (χ0n) is 22.1. The predicted molar refractivity (Wildman–Crippen MR) is 141 cm³/mol. The van der Waals surface area contributed by atoms with Gasteiger partial charge < -0.3 is 33.2 Å². The number of nitrogens with zero attached hydrogens (tertiary/aromatic N) is 3. The van der Waals surface area contributed by atoms with Gasteiger partial charge in [0.1, 0.15) is 6.61 Å². The van der Waals surface area contributed by atoms with Gasteiger partial charge in [0.15, 0.2) is 23.0 Å². The lowest BCUT2D eigenvalue weighted by atomic mass is 9.65. The molecule has 0 N–H and O–H groups in total. The van der Waals surface area contributed by atoms with Crippen LogP contribution in [0.4, 0.5) is 4.79 Å². The van der Waals surface area contributed by atoms with Crippen LogP contribution < -0.4 is 23.7 Å². The fraction of sp³-hybridized carbons (Fsp3) is 0.310. The molecule has 0 spiro atoms. The number of ether oxygens (including phenoxy) is 7. The van der Waals surface area contributed by atoms with Crippen LogP contribution in [0.1, 0.15) is 34.2 Å². The molecule has 0 unspecified atom stereocenters. The van der Waals surface area contributed by atoms with Crippen molar-refractivity contribution < 1.29 is 42.7 Å². The van der Waals surface area contributed by atoms with E-state index in [1.807, 2.05) is 30.3 Å². The summed E-state index contributed by atoms with van der Waals surface area (Å²) >= 11 is 0. The van der Waals surface area contributed by atoms with E-state index in [2.05, 4.69) is 10.0 Å². The highest BCUT2D eigenvalue weighted by Crippen LogP contribution is 2.56. The van der Waals surface area contributed by atoms with Crippen LogP contribution in [0.25, 0.3) is 10.4 Å². The smallest absolute Gasteiger partial charge is 0.493 e. The Morgan fingerprint density at radius 1 is 1.00 bits per heavy atom. The maximum absolute atomic E-state index is 13.1. The molecule has 210 valence electrons. The summed E-state index contributed by atoms with van der Waals surface area (Å²) in [6, 6.07) is 15.5. The van der Waals surface area contributed by atoms with Crippen LogP contribution in [0.3, 0.4) is 0 Å². The Balaban J connectivity index is 1.40. The number of benzene rings is 3. The van der Waals surface area contributed by atoms with Crippen molar-refractivity contribution in [1.29, 1.82) is 0 Å². The second-order valence-corrected chi connectivity index (χ2v) is 9.66. The van der Waals surface area contributed by atoms with E-state index in [9.17, 15) is 15.1 Å². The first-order valence-electron chi connectivity index (χ1n) is 12.8. The minimum atomic E-state index is -0.939. The Hall–Kier alpha value is -5.09. The summed E-state index contributed by atoms with van der Waals surface area (Å²) in [5.74, 6) is -0.605. The molecule has 3 aliphatic rings. The van der Waals surface area contributed by atoms with Gasteiger partial charge >= 0.3 is 12.1 Å². The van der Waals surface area contributed by atoms with Crippen LogP contribution in [0.15, 0.2) is 59.7 Å². The lowest BCUT2D eigenvalue weighted by Gasteiger charge is -2.37. The van der Waals surface area contributed by atoms with Gasteiger partial charge in [-0.3, -0.25) is 4.79 Å². The maximum atomic E-state index is 13.1. The Morgan fingerprint density at radius 2 is 1.68 bits per heavy atom. The lowest BCUT2D eigenvalue weighted by molar-refractivity contribution is -0.141. The first-order valence-corrected chi connectivity index (χ1v) is 12.8. The summed E-state index contributed by atoms with van der Waals surface area (Å²) < 4.78 is 38.7. The summed E-state index contributed by atoms with van der Waals surface area (Å²) in [6.07, 6.45) is -0.939. The summed E-state index contributed by atoms with van der Waals surface area (Å²) in [5.41, 5.74) is 12.2. The molecule has 1 fully saturated rings. The number of rotatable bonds is 7. The molecule has 3 aromatic rings. The van der Waals surface area contributed by atoms with E-state index < -0.39 is 35.9 Å². The minimum Gasteiger partial charge on any atom is -0.493 e. The van der Waals surface area contributed by atoms with Crippen molar-refractivity contribution >= 4 is 12.1 Å². The number of cyclic esters (lactones) is 1. The van der Waals surface area contributed by atoms with Crippen molar-refractivity contribution in [3.05, 3.63) is 87.3 Å². The van der Waals surface area contributed by atoms with E-state index in [0.29, 0.717) is 28.2 Å². The van der Waals surface area contributed by atoms with Gasteiger partial charge in [-0.15, -0.1) is 0 Å². The van der Waals surface area contributed by atoms with Gasteiger partial charge in [-0.05, 0) is 52.1 Å². The predicted octanol–water partition coefficient (Wildman–Crippen LogP) is 5.43. The van der Waals surface area contributed by atoms with Gasteiger partial charge in [0.05, 0.1) is 32.8 Å². The Morgan fingerprint density at radius 3 is 2.34 bits per heavy atom. The zero-order valence-corrected chi connectivity index (χ0v) is 22.1. The average molecular weight is 560 g/mol. The van der Waals surface area contributed by atoms with Crippen molar-refractivity contribution in [2.24, 2.45) is 17.0 Å². The van der Waals surface area contributed by atoms with Gasteiger partial charge in [0, 0.05) is 16.7 Å². The number of azide groups is 1. The van der Waals surface area contributed by atoms with Crippen LogP contribution in [-0.4, -0.2) is 39.7 Å². The van der Waals surface area contributed by atoms with Gasteiger partial charge in [-0.1, -0.05) is 35.4 Å². The van der Waals surface area contributed by atoms with E-state index in [1.54, 1.807) is 24.3 Å². The monoisotopic (exact) mass is 559 g/mol. The molecule has 0 aromatic heterocycles. The van der Waals surface area contributed by atoms with Crippen LogP contribution in [0.2, 0.25) is 0 Å². The molecule has 4 atom stereocenters. The zero-order chi connectivity index (χ0) is 28.5. The third-order valence-corrected chi connectivity index (χ3v) is 7.55. The van der Waals surface area contributed by atoms with Gasteiger partial charge in [-0.25, -0.2) is 4.79 Å². The average Bonchev–Trinajstić information content (AvgIpc) is 3.62. The van der Waals surface area contributed by atoms with Crippen LogP contribution >= 0.6 is 0 Å². The molecule has 0 bridgehead atoms. The van der Waals surface area contributed by atoms with E-state index >= 15 is 0 Å². The van der Waals surface area contributed by atoms with Gasteiger partial charge in [0.2, 0.25) is 12.5 Å². The van der Waals surface area contributed by atoms with Crippen LogP contribution in [0.5, 0.6) is 28.7 Å². The Labute approximate surface area is 234 Å². The molecule has 1 saturated heterocycles. The van der Waals surface area contributed by atoms with Crippen molar-refractivity contribution in [2.75, 3.05) is 27.6 Å². The largest absolute Gasteiger partial charge is 0.514 e. The molecule has 0 amide bonds. The van der Waals surface area contributed by atoms with E-state index in [0.717, 1.165) is 5.56 Å². The number of hydrogen-bond donors (Lipinski definition) is 0. The highest BCUT2D eigenvalue weighted by atomic mass is 16.7. The Kier molecular flexibility index (Phi) is 6.90. The number of carbonyl (C=O) groups is 2. The number of hydrogen-bond acceptors (Lipinski definition) is 10. The molecule has 0 saturated carbocycles. The fourth-order valence-electron chi connectivity index (χ4n) is 5.75. The first-order chi connectivity index (χ1) is 20.0. The SMILES string of the molecule is COc1cc([C@@H]2c3cc4c(cc3[C@@H](N=[N+]=[N-])[C@H]3COC(=O)[C@H]23)OCO4)cc(OC)c1OC(=O)OCc1ccccc1. The maximum Gasteiger partial charge on any atom is 0.514 e. The summed E-state index contributed by atoms with van der Waals surface area (Å²) in [7, 11) is 2.86. The van der Waals surface area contributed by atoms with Gasteiger partial charge in [-0.2, -0.15) is 0 Å². The van der Waals surface area contributed by atoms with Crippen LogP contribution in [0, 0.1) is 11.8 Å². The molecule has 0 radical (unpaired) electrons. The molecular formula is C29H25N3O9. The molecule has 2 heterocycles. The van der Waals surface area contributed by atoms with Crippen molar-refractivity contribution in [1.82, 2.24) is 0 Å². The molecule has 12 heteroatoms. The normalized spacial score (nSPS) is 21.6. The van der Waals surface area contributed by atoms with Crippen LogP contribution in [-0.2, 0) is 20.9 Å². The molecule has 41 heavy (non-hydrogen) atoms. The highest BCUT2D eigenvalue weighted by molar-refractivity contribution is 5.79. The number of esters is 1. The molecule has 6 rings (SSSR count). The summed E-state index contributed by atoms with van der Waals surface area (Å²) in [4.78, 5) is 28.8. The third-order valence-electron chi connectivity index (χ3n) is 7.55. The van der Waals surface area contributed by atoms with Crippen molar-refractivity contribution in [2.45, 2.75) is 18.6 Å². The quantitative estimate of drug-likeness (QED) is 0.121. The fourth-order valence-corrected chi connectivity index (χ4v) is 5.75. The summed E-state index contributed by atoms with van der Waals surface area (Å²) in [5, 5.41) is 4.04. The number of carbonyl (C=O) groups excluding carboxylic acids is 2. The standard InChI is InChI=1S/C29H25N3O9/c1-35-22-8-16(9-23(36-2)27(22)41-29(34)38-12-15-6-4-3-5-7-15)24-17-10-20-21(40-14-39-20)11-18(17)26(31-32-30)19-13-37-28(33)25(19)24/h3-11,19,24-26H,12-14H2,1-2H3/t19-,24+,25-,26+/m0/s1. The Bertz CT molecular complexity index is 1530. The third kappa shape index (κ3) is 4.68. The second-order valence-electron chi connectivity index (χ2n) is 9.66. The summed E-state index contributed by atoms with van der Waals surface area (Å²) in [6.45, 7) is 0.174. The van der Waals surface area contributed by atoms with Gasteiger partial charge in [0.25, 0.3) is 0 Å². The minimum absolute atomic E-state index is 0.0227. The topological polar surface area (TPSA) is 148 Å². The second kappa shape index (κ2) is 10.8. The lowest BCUT2D eigenvalue weighted by Crippen LogP contribution is -2.34. The molecule has 1 aliphatic carbocycles. The molecular weight excluding hydrogens is 534 g/mol. The van der Waals surface area contributed by atoms with Crippen molar-refractivity contribution in [3.63, 3.8) is 0 Å². The highest BCUT2D eigenvalue weighted by Gasteiger charge is 2.52. The van der Waals surface area contributed by atoms with Crippen molar-refractivity contribution in [3.8, 4) is 28.7 Å². The van der Waals surface area contributed by atoms with E-state index in [4.69, 9.17) is 33.2 Å². The molecule has 12 nitrogen and oxygen atoms in total. The molecule has 3 aromatic carbocycles. The number of fused-ring (bicyclic) bond motifs is 3. The van der Waals surface area contributed by atoms with E-state index in [1.165, 1.54) is 14.2 Å².